The van der Waals surface area contributed by atoms with Crippen molar-refractivity contribution in [2.45, 2.75) is 37.4 Å². The van der Waals surface area contributed by atoms with Gasteiger partial charge < -0.3 is 4.74 Å². The van der Waals surface area contributed by atoms with Crippen LogP contribution >= 0.6 is 11.8 Å². The molecule has 0 bridgehead atoms. The molecule has 0 saturated carbocycles. The summed E-state index contributed by atoms with van der Waals surface area (Å²) in [6.45, 7) is 7.48. The Kier molecular flexibility index (Phi) is 2.07. The summed E-state index contributed by atoms with van der Waals surface area (Å²) in [5, 5.41) is 0.690. The molecule has 2 atom stereocenters. The third-order valence-electron chi connectivity index (χ3n) is 1.72. The van der Waals surface area contributed by atoms with E-state index >= 15 is 0 Å². The van der Waals surface area contributed by atoms with Crippen molar-refractivity contribution < 1.29 is 4.74 Å². The molecular weight excluding hydrogens is 132 g/mol. The van der Waals surface area contributed by atoms with Crippen molar-refractivity contribution in [3.05, 3.63) is 0 Å². The highest BCUT2D eigenvalue weighted by Crippen LogP contribution is 2.39. The lowest BCUT2D eigenvalue weighted by Crippen LogP contribution is -2.16. The van der Waals surface area contributed by atoms with Crippen LogP contribution < -0.4 is 0 Å². The molecule has 0 amide bonds. The van der Waals surface area contributed by atoms with E-state index in [-0.39, 0.29) is 4.93 Å². The Morgan fingerprint density at radius 3 is 2.67 bits per heavy atom. The topological polar surface area (TPSA) is 9.23 Å². The molecule has 0 spiro atoms. The largest absolute Gasteiger partial charge is 0.364 e. The maximum Gasteiger partial charge on any atom is 0.111 e. The normalized spacial score (nSPS) is 43.7. The van der Waals surface area contributed by atoms with Gasteiger partial charge in [0.05, 0.1) is 6.61 Å². The van der Waals surface area contributed by atoms with E-state index in [9.17, 15) is 0 Å². The number of hydrogen-bond acceptors (Lipinski definition) is 2. The monoisotopic (exact) mass is 146 g/mol. The summed E-state index contributed by atoms with van der Waals surface area (Å²) in [6.07, 6.45) is 1.11. The van der Waals surface area contributed by atoms with Crippen LogP contribution in [-0.4, -0.2) is 16.8 Å². The van der Waals surface area contributed by atoms with E-state index in [1.165, 1.54) is 0 Å². The summed E-state index contributed by atoms with van der Waals surface area (Å²) in [5.41, 5.74) is 0. The minimum absolute atomic E-state index is 0.124. The van der Waals surface area contributed by atoms with Gasteiger partial charge in [0.1, 0.15) is 4.93 Å². The first-order valence-electron chi connectivity index (χ1n) is 3.48. The quantitative estimate of drug-likeness (QED) is 0.561. The van der Waals surface area contributed by atoms with Gasteiger partial charge in [-0.05, 0) is 13.3 Å². The molecule has 2 unspecified atom stereocenters. The number of thioether (sulfide) groups is 1. The average molecular weight is 146 g/mol. The van der Waals surface area contributed by atoms with Crippen molar-refractivity contribution in [3.8, 4) is 0 Å². The fraction of sp³-hybridized carbons (Fsp3) is 1.00. The van der Waals surface area contributed by atoms with Crippen LogP contribution in [0.4, 0.5) is 0 Å². The van der Waals surface area contributed by atoms with Crippen LogP contribution in [0.25, 0.3) is 0 Å². The maximum atomic E-state index is 5.56. The second-order valence-corrected chi connectivity index (χ2v) is 4.63. The summed E-state index contributed by atoms with van der Waals surface area (Å²) in [4.78, 5) is 0.124. The van der Waals surface area contributed by atoms with Gasteiger partial charge in [-0.2, -0.15) is 0 Å². The van der Waals surface area contributed by atoms with Crippen LogP contribution in [0.1, 0.15) is 27.2 Å². The first-order chi connectivity index (χ1) is 4.16. The molecule has 2 heteroatoms. The van der Waals surface area contributed by atoms with Crippen molar-refractivity contribution in [1.82, 2.24) is 0 Å². The molecule has 0 aromatic rings. The lowest BCUT2D eigenvalue weighted by atomic mass is 10.3. The highest BCUT2D eigenvalue weighted by Gasteiger charge is 2.32. The van der Waals surface area contributed by atoms with Crippen LogP contribution in [0.15, 0.2) is 0 Å². The van der Waals surface area contributed by atoms with Crippen molar-refractivity contribution in [2.75, 3.05) is 6.61 Å². The Hall–Kier alpha value is 0.310. The third-order valence-corrected chi connectivity index (χ3v) is 3.16. The summed E-state index contributed by atoms with van der Waals surface area (Å²) in [6, 6.07) is 0. The Morgan fingerprint density at radius 2 is 2.44 bits per heavy atom. The van der Waals surface area contributed by atoms with Gasteiger partial charge in [0.15, 0.2) is 0 Å². The SMILES string of the molecule is CCC1(C)OCC(C)S1. The molecule has 0 N–H and O–H groups in total. The van der Waals surface area contributed by atoms with Gasteiger partial charge in [0.25, 0.3) is 0 Å². The molecule has 1 fully saturated rings. The molecule has 1 aliphatic heterocycles. The number of hydrogen-bond donors (Lipinski definition) is 0. The first-order valence-corrected chi connectivity index (χ1v) is 4.36. The van der Waals surface area contributed by atoms with Crippen LogP contribution in [-0.2, 0) is 4.74 Å². The van der Waals surface area contributed by atoms with E-state index in [0.29, 0.717) is 5.25 Å². The van der Waals surface area contributed by atoms with Gasteiger partial charge >= 0.3 is 0 Å². The summed E-state index contributed by atoms with van der Waals surface area (Å²) in [5.74, 6) is 0. The molecule has 54 valence electrons. The van der Waals surface area contributed by atoms with E-state index in [1.54, 1.807) is 0 Å². The fourth-order valence-corrected chi connectivity index (χ4v) is 2.26. The van der Waals surface area contributed by atoms with Crippen LogP contribution in [0.3, 0.4) is 0 Å². The van der Waals surface area contributed by atoms with E-state index < -0.39 is 0 Å². The Morgan fingerprint density at radius 1 is 1.78 bits per heavy atom. The van der Waals surface area contributed by atoms with E-state index in [2.05, 4.69) is 20.8 Å². The van der Waals surface area contributed by atoms with Gasteiger partial charge in [-0.15, -0.1) is 11.8 Å². The predicted molar refractivity (Wildman–Crippen MR) is 41.7 cm³/mol. The first kappa shape index (κ1) is 7.42. The molecule has 1 rings (SSSR count). The average Bonchev–Trinajstić information content (AvgIpc) is 2.13. The standard InChI is InChI=1S/C7H14OS/c1-4-7(3)8-5-6(2)9-7/h6H,4-5H2,1-3H3. The van der Waals surface area contributed by atoms with E-state index in [1.807, 2.05) is 11.8 Å². The van der Waals surface area contributed by atoms with E-state index in [0.717, 1.165) is 13.0 Å². The molecule has 1 saturated heterocycles. The Balaban J connectivity index is 2.45. The van der Waals surface area contributed by atoms with Gasteiger partial charge in [-0.3, -0.25) is 0 Å². The second kappa shape index (κ2) is 2.51. The second-order valence-electron chi connectivity index (χ2n) is 2.73. The lowest BCUT2D eigenvalue weighted by Gasteiger charge is -2.19. The lowest BCUT2D eigenvalue weighted by molar-refractivity contribution is 0.0578. The van der Waals surface area contributed by atoms with E-state index in [4.69, 9.17) is 4.74 Å². The molecule has 0 aliphatic carbocycles. The number of ether oxygens (including phenoxy) is 1. The smallest absolute Gasteiger partial charge is 0.111 e. The zero-order valence-electron chi connectivity index (χ0n) is 6.31. The van der Waals surface area contributed by atoms with Crippen molar-refractivity contribution in [3.63, 3.8) is 0 Å². The van der Waals surface area contributed by atoms with Crippen molar-refractivity contribution in [1.29, 1.82) is 0 Å². The van der Waals surface area contributed by atoms with Crippen LogP contribution in [0.5, 0.6) is 0 Å². The number of rotatable bonds is 1. The fourth-order valence-electron chi connectivity index (χ4n) is 0.973. The zero-order chi connectivity index (χ0) is 6.91. The maximum absolute atomic E-state index is 5.56. The molecule has 9 heavy (non-hydrogen) atoms. The minimum atomic E-state index is 0.124. The highest BCUT2D eigenvalue weighted by molar-refractivity contribution is 8.01. The summed E-state index contributed by atoms with van der Waals surface area (Å²) in [7, 11) is 0. The zero-order valence-corrected chi connectivity index (χ0v) is 7.12. The van der Waals surface area contributed by atoms with Gasteiger partial charge in [0.2, 0.25) is 0 Å². The van der Waals surface area contributed by atoms with Crippen molar-refractivity contribution >= 4 is 11.8 Å². The molecule has 0 aromatic carbocycles. The summed E-state index contributed by atoms with van der Waals surface area (Å²) >= 11 is 1.95. The van der Waals surface area contributed by atoms with Crippen LogP contribution in [0, 0.1) is 0 Å². The molecule has 0 aromatic heterocycles. The highest BCUT2D eigenvalue weighted by atomic mass is 32.2. The van der Waals surface area contributed by atoms with Crippen LogP contribution in [0.2, 0.25) is 0 Å². The minimum Gasteiger partial charge on any atom is -0.364 e. The van der Waals surface area contributed by atoms with Crippen molar-refractivity contribution in [2.24, 2.45) is 0 Å². The summed E-state index contributed by atoms with van der Waals surface area (Å²) < 4.78 is 5.56. The van der Waals surface area contributed by atoms with Gasteiger partial charge in [-0.25, -0.2) is 0 Å². The predicted octanol–water partition coefficient (Wildman–Crippen LogP) is 2.26. The molecular formula is C7H14OS. The molecule has 1 aliphatic rings. The third kappa shape index (κ3) is 1.62. The van der Waals surface area contributed by atoms with Gasteiger partial charge in [-0.1, -0.05) is 13.8 Å². The van der Waals surface area contributed by atoms with Gasteiger partial charge in [0, 0.05) is 5.25 Å². The Labute approximate surface area is 61.2 Å². The Bertz CT molecular complexity index is 105. The molecule has 1 heterocycles. The molecule has 1 nitrogen and oxygen atoms in total. The molecule has 0 radical (unpaired) electrons.